The van der Waals surface area contributed by atoms with Crippen LogP contribution in [0, 0.1) is 41.9 Å². The highest BCUT2D eigenvalue weighted by Gasteiger charge is 2.57. The molecule has 5 aromatic heterocycles. The van der Waals surface area contributed by atoms with Gasteiger partial charge in [0.25, 0.3) is 22.2 Å². The van der Waals surface area contributed by atoms with Crippen molar-refractivity contribution in [2.45, 2.75) is 191 Å². The Morgan fingerprint density at radius 2 is 0.825 bits per heavy atom. The molecule has 0 spiro atoms. The van der Waals surface area contributed by atoms with Crippen molar-refractivity contribution < 1.29 is 55.5 Å². The molecule has 0 unspecified atom stereocenters. The summed E-state index contributed by atoms with van der Waals surface area (Å²) < 4.78 is 105. The number of terminal acetylenes is 1. The van der Waals surface area contributed by atoms with Crippen LogP contribution in [0.15, 0.2) is 141 Å². The van der Waals surface area contributed by atoms with Gasteiger partial charge in [0.15, 0.2) is 68.3 Å². The van der Waals surface area contributed by atoms with E-state index < -0.39 is 170 Å². The van der Waals surface area contributed by atoms with Crippen molar-refractivity contribution in [3.63, 3.8) is 0 Å². The lowest BCUT2D eigenvalue weighted by atomic mass is 9.85. The monoisotopic (exact) mass is 1370 g/mol. The number of H-pyrrole nitrogens is 4. The number of ether oxygens (including phenoxy) is 5. The van der Waals surface area contributed by atoms with Gasteiger partial charge in [0.05, 0.1) is 12.2 Å². The molecule has 10 heterocycles. The molecule has 32 heteroatoms. The van der Waals surface area contributed by atoms with Crippen molar-refractivity contribution >= 4 is 12.1 Å². The van der Waals surface area contributed by atoms with Crippen LogP contribution >= 0.6 is 0 Å². The summed E-state index contributed by atoms with van der Waals surface area (Å²) >= 11 is 0. The third kappa shape index (κ3) is 15.3. The van der Waals surface area contributed by atoms with E-state index in [2.05, 4.69) is 50.5 Å². The Balaban J connectivity index is 0.000000192. The lowest BCUT2D eigenvalue weighted by Gasteiger charge is -2.29. The number of carbonyl (C=O) groups excluding carboxylic acids is 1. The van der Waals surface area contributed by atoms with Gasteiger partial charge in [-0.2, -0.15) is 4.98 Å². The van der Waals surface area contributed by atoms with Crippen LogP contribution in [0.1, 0.15) is 132 Å². The van der Waals surface area contributed by atoms with E-state index in [4.69, 9.17) is 35.8 Å². The average molecular weight is 1370 g/mol. The molecule has 7 N–H and O–H groups in total. The largest absolute Gasteiger partial charge is 0.393 e. The first-order valence-corrected chi connectivity index (χ1v) is 31.2. The van der Waals surface area contributed by atoms with Crippen LogP contribution < -0.4 is 56.4 Å². The van der Waals surface area contributed by atoms with E-state index in [1.165, 1.54) is 37.1 Å². The van der Waals surface area contributed by atoms with Gasteiger partial charge in [-0.1, -0.05) is 88.3 Å². The molecule has 5 aromatic rings. The number of nitrogen functional groups attached to an aromatic ring is 1. The van der Waals surface area contributed by atoms with E-state index in [1.54, 1.807) is 67.5 Å². The molecule has 0 amide bonds. The number of aldehydes is 1. The number of nitrogens with zero attached hydrogens (tertiary/aromatic N) is 6. The average Bonchev–Trinajstić information content (AvgIpc) is 1.65. The van der Waals surface area contributed by atoms with Gasteiger partial charge in [0.1, 0.15) is 28.2 Å². The van der Waals surface area contributed by atoms with Crippen molar-refractivity contribution in [2.75, 3.05) is 12.3 Å². The fourth-order valence-corrected chi connectivity index (χ4v) is 12.5. The van der Waals surface area contributed by atoms with Crippen LogP contribution in [0.25, 0.3) is 0 Å². The van der Waals surface area contributed by atoms with Crippen molar-refractivity contribution in [2.24, 2.45) is 29.6 Å². The summed E-state index contributed by atoms with van der Waals surface area (Å²) in [5.41, 5.74) is 0.107. The molecule has 0 aromatic carbocycles. The highest BCUT2D eigenvalue weighted by atomic mass is 19.2. The first-order valence-electron chi connectivity index (χ1n) is 31.2. The number of halogens is 5. The summed E-state index contributed by atoms with van der Waals surface area (Å²) in [6.07, 6.45) is 5.17. The zero-order chi connectivity index (χ0) is 72.4. The van der Waals surface area contributed by atoms with E-state index in [0.717, 1.165) is 47.1 Å². The van der Waals surface area contributed by atoms with Crippen LogP contribution in [0.5, 0.6) is 0 Å². The van der Waals surface area contributed by atoms with Crippen molar-refractivity contribution in [1.82, 2.24) is 47.8 Å². The maximum Gasteiger partial charge on any atom is 0.351 e. The minimum atomic E-state index is -1.51. The smallest absolute Gasteiger partial charge is 0.351 e. The van der Waals surface area contributed by atoms with Crippen LogP contribution in [0.2, 0.25) is 0 Å². The maximum atomic E-state index is 14.5. The zero-order valence-electron chi connectivity index (χ0n) is 55.1. The van der Waals surface area contributed by atoms with Crippen molar-refractivity contribution in [3.8, 4) is 12.3 Å². The van der Waals surface area contributed by atoms with E-state index in [-0.39, 0.29) is 12.4 Å². The minimum Gasteiger partial charge on any atom is -0.393 e. The molecule has 97 heavy (non-hydrogen) atoms. The van der Waals surface area contributed by atoms with E-state index in [9.17, 15) is 75.0 Å². The molecule has 0 bridgehead atoms. The first kappa shape index (κ1) is 77.1. The molecule has 0 saturated carbocycles. The summed E-state index contributed by atoms with van der Waals surface area (Å²) in [6.45, 7) is 24.1. The Labute approximate surface area is 551 Å². The Morgan fingerprint density at radius 3 is 1.10 bits per heavy atom. The van der Waals surface area contributed by atoms with Gasteiger partial charge < -0.3 is 39.3 Å². The number of aromatic nitrogens is 10. The van der Waals surface area contributed by atoms with Gasteiger partial charge in [-0.25, -0.2) is 45.9 Å². The molecule has 27 nitrogen and oxygen atoms in total. The molecular weight excluding hydrogens is 1290 g/mol. The highest BCUT2D eigenvalue weighted by Crippen LogP contribution is 2.49. The lowest BCUT2D eigenvalue weighted by molar-refractivity contribution is -0.139. The zero-order valence-corrected chi connectivity index (χ0v) is 55.1. The quantitative estimate of drug-likeness (QED) is 0.0378. The predicted molar refractivity (Wildman–Crippen MR) is 344 cm³/mol. The van der Waals surface area contributed by atoms with Crippen LogP contribution in [0.3, 0.4) is 0 Å². The van der Waals surface area contributed by atoms with Crippen molar-refractivity contribution in [1.29, 1.82) is 0 Å². The van der Waals surface area contributed by atoms with Gasteiger partial charge in [0.2, 0.25) is 0 Å². The van der Waals surface area contributed by atoms with Crippen LogP contribution in [-0.4, -0.2) is 125 Å². The first-order chi connectivity index (χ1) is 45.7. The summed E-state index contributed by atoms with van der Waals surface area (Å²) in [5.74, 6) is -0.0406. The van der Waals surface area contributed by atoms with Gasteiger partial charge in [-0.05, 0) is 50.3 Å². The van der Waals surface area contributed by atoms with Crippen LogP contribution in [-0.2, 0) is 28.5 Å². The number of hydrogen-bond donors (Lipinski definition) is 6. The molecule has 20 atom stereocenters. The second kappa shape index (κ2) is 31.5. The molecule has 5 fully saturated rings. The number of nitrogens with two attached hydrogens (primary N) is 1. The number of anilines is 1. The molecule has 528 valence electrons. The highest BCUT2D eigenvalue weighted by molar-refractivity contribution is 5.64. The number of alkyl halides is 5. The maximum absolute atomic E-state index is 14.5. The molecule has 5 saturated heterocycles. The predicted octanol–water partition coefficient (Wildman–Crippen LogP) is 4.74. The molecule has 10 rings (SSSR count). The summed E-state index contributed by atoms with van der Waals surface area (Å²) in [4.78, 5) is 126. The van der Waals surface area contributed by atoms with Gasteiger partial charge in [0, 0.05) is 84.8 Å². The van der Waals surface area contributed by atoms with E-state index in [1.807, 2.05) is 18.8 Å². The normalized spacial score (nSPS) is 33.7. The SMILES string of the molecule is C#C[C@]1(CC)O[C@@H](n2ccc(=O)[nH]c2=O)[C@@H](F)[C@@H]1C.C=C=C[C@]1(CC)O[C@@H](n2ccc(=O)[nH]c2=O)[C@@H](F)[C@@H]1C.C=C=C[C@]1(CC)O[C@@H](n2ccc(N)nc2=O)[C@@H](F)[C@@H]1C.CC[C@@]1(C=O)O[C@@H](n2ccc(=O)[nH]c2=O)[C@@H](F)[C@@H]1C.CC[C@@]1(CO)O[C@@H](n2ccc(=O)[nH]c2=O)[C@@H](F)[C@@H]1C. The molecule has 0 radical (unpaired) electrons. The summed E-state index contributed by atoms with van der Waals surface area (Å²) in [7, 11) is 0. The third-order valence-corrected chi connectivity index (χ3v) is 19.1. The fourth-order valence-electron chi connectivity index (χ4n) is 12.5. The minimum absolute atomic E-state index is 0.0976. The van der Waals surface area contributed by atoms with Crippen molar-refractivity contribution in [3.05, 3.63) is 192 Å². The Hall–Kier alpha value is -8.92. The standard InChI is InChI=1S/C14H18FN3O2.C14H17FN2O3.C13H15FN2O3.C12H17FN2O4.C12H15FN2O4/c1-4-7-14(5-2)9(3)11(15)12(20-14)18-8-6-10(16)17-13(18)19;1-4-7-14(5-2)9(3)11(15)12(20-14)17-8-6-10(18)16-13(17)19;1-4-13(5-2)8(3)10(14)11(19-13)16-7-6-9(17)15-12(16)18;2*1-3-12(6-16)7(2)9(13)10(19-12)15-5-4-8(17)14-11(15)18/h6-9,11-12H,1,5H2,2-3H3,(H2,16,17,19);6-9,11-12H,1,5H2,2-3H3,(H,16,18,19);1,6-8,10-11H,5H2,2-3H3,(H,15,17,18);4-5,7,9-10,16H,3,6H2,1-2H3,(H,14,17,18);4-7,9-10H,3H2,1-2H3,(H,14,17,18)/t2*9-,11-,12+,14-;8-,10-,11+,13+;2*7-,9-,10+,12-/m00000/s1. The number of nitrogens with one attached hydrogen (secondary N) is 4. The van der Waals surface area contributed by atoms with Gasteiger partial charge >= 0.3 is 28.4 Å². The Morgan fingerprint density at radius 1 is 0.505 bits per heavy atom. The second-order valence-electron chi connectivity index (χ2n) is 24.0. The van der Waals surface area contributed by atoms with Gasteiger partial charge in [-0.3, -0.25) is 61.9 Å². The Bertz CT molecular complexity index is 4310. The second-order valence-corrected chi connectivity index (χ2v) is 24.0. The van der Waals surface area contributed by atoms with E-state index in [0.29, 0.717) is 38.4 Å². The molecular formula is C65H82F5N11O16. The molecule has 5 aliphatic rings. The Kier molecular flexibility index (Phi) is 25.0. The summed E-state index contributed by atoms with van der Waals surface area (Å²) in [5, 5.41) is 9.45. The van der Waals surface area contributed by atoms with Crippen LogP contribution in [0.4, 0.5) is 27.8 Å². The summed E-state index contributed by atoms with van der Waals surface area (Å²) in [6, 6.07) is 5.99. The number of carbonyl (C=O) groups is 1. The lowest BCUT2D eigenvalue weighted by Crippen LogP contribution is -2.39. The number of aliphatic hydroxyl groups is 1. The third-order valence-electron chi connectivity index (χ3n) is 19.1. The van der Waals surface area contributed by atoms with E-state index >= 15 is 0 Å². The number of aliphatic hydroxyl groups excluding tert-OH is 1. The topological polar surface area (TPSA) is 364 Å². The molecule has 0 aliphatic carbocycles. The molecule has 5 aliphatic heterocycles. The number of aromatic amines is 4. The van der Waals surface area contributed by atoms with Gasteiger partial charge in [-0.15, -0.1) is 17.9 Å². The number of hydrogen-bond acceptors (Lipinski definition) is 18. The fraction of sp³-hybridized carbons (Fsp3) is 0.554. The number of rotatable bonds is 14.